The fraction of sp³-hybridized carbons (Fsp3) is 0.429. The topological polar surface area (TPSA) is 0 Å². The van der Waals surface area contributed by atoms with Gasteiger partial charge in [-0.1, -0.05) is 78.1 Å². The van der Waals surface area contributed by atoms with Crippen LogP contribution in [0.4, 0.5) is 0 Å². The first-order valence-corrected chi connectivity index (χ1v) is 10.4. The van der Waals surface area contributed by atoms with Gasteiger partial charge < -0.3 is 24.8 Å². The van der Waals surface area contributed by atoms with E-state index in [0.717, 1.165) is 6.42 Å². The Bertz CT molecular complexity index is 879. The van der Waals surface area contributed by atoms with Crippen LogP contribution in [0, 0.1) is 18.1 Å². The molecule has 0 N–H and O–H groups in total. The van der Waals surface area contributed by atoms with Crippen LogP contribution in [0.2, 0.25) is 0 Å². The summed E-state index contributed by atoms with van der Waals surface area (Å²) in [7, 11) is 0. The fourth-order valence-corrected chi connectivity index (χ4v) is 3.78. The minimum Gasteiger partial charge on any atom is -1.00 e. The number of rotatable bonds is 0. The maximum Gasteiger partial charge on any atom is 4.00 e. The Balaban J connectivity index is 0.000000777. The van der Waals surface area contributed by atoms with E-state index in [0.29, 0.717) is 5.92 Å². The van der Waals surface area contributed by atoms with Gasteiger partial charge in [-0.3, -0.25) is 6.08 Å². The first-order chi connectivity index (χ1) is 12.9. The van der Waals surface area contributed by atoms with Crippen LogP contribution in [0.1, 0.15) is 77.6 Å². The fourth-order valence-electron chi connectivity index (χ4n) is 3.78. The second kappa shape index (κ2) is 11.5. The summed E-state index contributed by atoms with van der Waals surface area (Å²) in [6.45, 7) is 17.8. The number of halogens is 2. The molecule has 0 bridgehead atoms. The van der Waals surface area contributed by atoms with Gasteiger partial charge in [0.2, 0.25) is 0 Å². The maximum atomic E-state index is 3.67. The van der Waals surface area contributed by atoms with Crippen molar-refractivity contribution in [1.82, 2.24) is 0 Å². The molecule has 2 aliphatic carbocycles. The Morgan fingerprint density at radius 3 is 1.94 bits per heavy atom. The SMILES string of the molecule is CC(C)(C)c1[c-]c2c(cc1)-c1ccc(C(C)(C)C)cc1C2.CC1=CC(C)[C-]=C1.[Cl-].[Cl-].[Zr+4]. The maximum absolute atomic E-state index is 3.67. The second-order valence-corrected chi connectivity index (χ2v) is 10.3. The van der Waals surface area contributed by atoms with E-state index in [1.165, 1.54) is 39.0 Å². The largest absolute Gasteiger partial charge is 4.00 e. The van der Waals surface area contributed by atoms with E-state index in [2.05, 4.69) is 104 Å². The molecule has 0 saturated heterocycles. The number of hydrogen-bond acceptors (Lipinski definition) is 0. The van der Waals surface area contributed by atoms with Gasteiger partial charge in [-0.15, -0.1) is 18.1 Å². The third kappa shape index (κ3) is 7.45. The summed E-state index contributed by atoms with van der Waals surface area (Å²) < 4.78 is 0. The van der Waals surface area contributed by atoms with Crippen molar-refractivity contribution in [3.05, 3.63) is 82.5 Å². The summed E-state index contributed by atoms with van der Waals surface area (Å²) in [5.41, 5.74) is 10.0. The zero-order chi connectivity index (χ0) is 20.7. The van der Waals surface area contributed by atoms with E-state index in [1.807, 2.05) is 6.08 Å². The molecule has 0 aliphatic heterocycles. The van der Waals surface area contributed by atoms with E-state index in [9.17, 15) is 0 Å². The molecule has 0 nitrogen and oxygen atoms in total. The van der Waals surface area contributed by atoms with Crippen molar-refractivity contribution in [1.29, 1.82) is 0 Å². The molecular formula is C28H34Cl2Zr. The third-order valence-corrected chi connectivity index (χ3v) is 5.55. The summed E-state index contributed by atoms with van der Waals surface area (Å²) in [4.78, 5) is 0. The van der Waals surface area contributed by atoms with Crippen LogP contribution in [0.25, 0.3) is 11.1 Å². The van der Waals surface area contributed by atoms with E-state index in [-0.39, 0.29) is 61.8 Å². The molecule has 4 rings (SSSR count). The number of fused-ring (bicyclic) bond motifs is 3. The molecule has 0 heterocycles. The number of hydrogen-bond donors (Lipinski definition) is 0. The van der Waals surface area contributed by atoms with Gasteiger partial charge in [0.25, 0.3) is 0 Å². The smallest absolute Gasteiger partial charge is 1.00 e. The van der Waals surface area contributed by atoms with Crippen molar-refractivity contribution >= 4 is 0 Å². The van der Waals surface area contributed by atoms with Gasteiger partial charge in [0.05, 0.1) is 0 Å². The predicted octanol–water partition coefficient (Wildman–Crippen LogP) is 1.60. The molecule has 0 fully saturated rings. The summed E-state index contributed by atoms with van der Waals surface area (Å²) in [5, 5.41) is 0. The van der Waals surface area contributed by atoms with Crippen LogP contribution in [-0.2, 0) is 43.5 Å². The molecule has 2 aliphatic rings. The average Bonchev–Trinajstić information content (AvgIpc) is 3.14. The number of allylic oxidation sites excluding steroid dienone is 4. The quantitative estimate of drug-likeness (QED) is 0.386. The Hall–Kier alpha value is -0.617. The van der Waals surface area contributed by atoms with Gasteiger partial charge in [0.1, 0.15) is 0 Å². The molecule has 164 valence electrons. The predicted molar refractivity (Wildman–Crippen MR) is 122 cm³/mol. The third-order valence-electron chi connectivity index (χ3n) is 5.55. The van der Waals surface area contributed by atoms with Crippen LogP contribution >= 0.6 is 0 Å². The molecule has 3 heteroatoms. The van der Waals surface area contributed by atoms with Gasteiger partial charge in [0.15, 0.2) is 0 Å². The van der Waals surface area contributed by atoms with E-state index in [4.69, 9.17) is 0 Å². The Morgan fingerprint density at radius 1 is 0.871 bits per heavy atom. The molecule has 0 radical (unpaired) electrons. The normalized spacial score (nSPS) is 15.9. The van der Waals surface area contributed by atoms with Crippen molar-refractivity contribution in [2.75, 3.05) is 0 Å². The monoisotopic (exact) mass is 530 g/mol. The molecule has 0 amide bonds. The molecule has 2 aromatic carbocycles. The Morgan fingerprint density at radius 2 is 1.48 bits per heavy atom. The Kier molecular flexibility index (Phi) is 11.3. The minimum absolute atomic E-state index is 0. The van der Waals surface area contributed by atoms with Crippen molar-refractivity contribution < 1.29 is 51.0 Å². The second-order valence-electron chi connectivity index (χ2n) is 10.3. The summed E-state index contributed by atoms with van der Waals surface area (Å²) in [6, 6.07) is 15.2. The van der Waals surface area contributed by atoms with Crippen LogP contribution in [0.5, 0.6) is 0 Å². The molecule has 1 atom stereocenters. The van der Waals surface area contributed by atoms with Crippen LogP contribution in [0.3, 0.4) is 0 Å². The molecular weight excluding hydrogens is 498 g/mol. The van der Waals surface area contributed by atoms with Crippen LogP contribution in [-0.4, -0.2) is 0 Å². The molecule has 0 aromatic heterocycles. The van der Waals surface area contributed by atoms with Crippen LogP contribution in [0.15, 0.2) is 48.1 Å². The summed E-state index contributed by atoms with van der Waals surface area (Å²) in [5.74, 6) is 0.556. The first-order valence-electron chi connectivity index (χ1n) is 10.4. The van der Waals surface area contributed by atoms with Gasteiger partial charge in [-0.25, -0.2) is 11.6 Å². The van der Waals surface area contributed by atoms with Crippen molar-refractivity contribution in [2.45, 2.75) is 72.6 Å². The molecule has 1 unspecified atom stereocenters. The molecule has 0 spiro atoms. The van der Waals surface area contributed by atoms with Crippen molar-refractivity contribution in [3.8, 4) is 11.1 Å². The molecule has 2 aromatic rings. The molecule has 0 saturated carbocycles. The Labute approximate surface area is 221 Å². The summed E-state index contributed by atoms with van der Waals surface area (Å²) in [6.07, 6.45) is 8.40. The van der Waals surface area contributed by atoms with Gasteiger partial charge >= 0.3 is 26.2 Å². The van der Waals surface area contributed by atoms with Gasteiger partial charge in [-0.2, -0.15) is 29.8 Å². The van der Waals surface area contributed by atoms with Crippen molar-refractivity contribution in [2.24, 2.45) is 5.92 Å². The average molecular weight is 533 g/mol. The van der Waals surface area contributed by atoms with E-state index < -0.39 is 0 Å². The number of benzene rings is 2. The zero-order valence-corrected chi connectivity index (χ0v) is 24.1. The minimum atomic E-state index is 0. The zero-order valence-electron chi connectivity index (χ0n) is 20.1. The first kappa shape index (κ1) is 30.4. The van der Waals surface area contributed by atoms with Gasteiger partial charge in [0, 0.05) is 0 Å². The van der Waals surface area contributed by atoms with Gasteiger partial charge in [-0.05, 0) is 28.4 Å². The van der Waals surface area contributed by atoms with E-state index >= 15 is 0 Å². The summed E-state index contributed by atoms with van der Waals surface area (Å²) >= 11 is 0. The standard InChI is InChI=1S/C21H25.C7H9.2ClH.Zr/c1-20(2,3)16-7-9-18-14(12-16)11-15-13-17(21(4,5)6)8-10-19(15)18;1-6-3-4-7(2)5-6;;;/h7-10,12H,11H2,1-6H3;3,5,7H,1-2H3;2*1H;/q2*-1;;;+4/p-2. The van der Waals surface area contributed by atoms with Crippen LogP contribution < -0.4 is 24.8 Å². The van der Waals surface area contributed by atoms with Crippen molar-refractivity contribution in [3.63, 3.8) is 0 Å². The van der Waals surface area contributed by atoms with E-state index in [1.54, 1.807) is 0 Å². The molecule has 31 heavy (non-hydrogen) atoms.